The fourth-order valence-electron chi connectivity index (χ4n) is 3.20. The number of nitriles is 1. The van der Waals surface area contributed by atoms with Crippen LogP contribution in [0.5, 0.6) is 11.5 Å². The van der Waals surface area contributed by atoms with Gasteiger partial charge in [0, 0.05) is 11.6 Å². The van der Waals surface area contributed by atoms with E-state index in [-0.39, 0.29) is 28.7 Å². The zero-order chi connectivity index (χ0) is 26.4. The van der Waals surface area contributed by atoms with Gasteiger partial charge in [-0.3, -0.25) is 30.0 Å². The average molecular weight is 497 g/mol. The summed E-state index contributed by atoms with van der Waals surface area (Å²) in [5.74, 6) is 0.140. The van der Waals surface area contributed by atoms with Gasteiger partial charge in [-0.1, -0.05) is 30.3 Å². The van der Waals surface area contributed by atoms with Crippen LogP contribution in [-0.2, 0) is 0 Å². The van der Waals surface area contributed by atoms with E-state index < -0.39 is 26.8 Å². The molecule has 182 valence electrons. The van der Waals surface area contributed by atoms with Crippen LogP contribution in [0.3, 0.4) is 0 Å². The van der Waals surface area contributed by atoms with E-state index in [9.17, 15) is 30.3 Å². The predicted molar refractivity (Wildman–Crippen MR) is 132 cm³/mol. The lowest BCUT2D eigenvalue weighted by molar-refractivity contribution is -0.394. The lowest BCUT2D eigenvalue weighted by Crippen LogP contribution is -2.16. The predicted octanol–water partition coefficient (Wildman–Crippen LogP) is 4.36. The summed E-state index contributed by atoms with van der Waals surface area (Å²) < 4.78 is 5.52. The third kappa shape index (κ3) is 5.61. The monoisotopic (exact) mass is 497 g/mol. The summed E-state index contributed by atoms with van der Waals surface area (Å²) in [5.41, 5.74) is 2.34. The molecule has 13 nitrogen and oxygen atoms in total. The summed E-state index contributed by atoms with van der Waals surface area (Å²) in [4.78, 5) is 39.7. The molecule has 0 bridgehead atoms. The molecule has 0 aliphatic carbocycles. The Hall–Kier alpha value is -5.90. The number of hydrazone groups is 1. The molecule has 0 unspecified atom stereocenters. The molecule has 0 radical (unpaired) electrons. The highest BCUT2D eigenvalue weighted by Crippen LogP contribution is 2.34. The maximum absolute atomic E-state index is 12.3. The summed E-state index contributed by atoms with van der Waals surface area (Å²) in [5, 5.41) is 35.5. The molecule has 4 aromatic rings. The maximum atomic E-state index is 12.3. The van der Waals surface area contributed by atoms with Crippen LogP contribution in [0.4, 0.5) is 17.3 Å². The van der Waals surface area contributed by atoms with Crippen molar-refractivity contribution in [1.82, 2.24) is 9.97 Å². The molecule has 0 aliphatic heterocycles. The normalized spacial score (nSPS) is 10.6. The topological polar surface area (TPSA) is 189 Å². The maximum Gasteiger partial charge on any atom is 0.318 e. The SMILES string of the molecule is N#Cc1c(-c2ccccc2)nc(NN=Cc2ccc(Oc3ccc([N+](=O)[O-])cc3[N+](=O)[O-])cc2)[nH]c1=O. The molecule has 0 aliphatic rings. The van der Waals surface area contributed by atoms with Crippen molar-refractivity contribution in [3.63, 3.8) is 0 Å². The molecule has 3 aromatic carbocycles. The zero-order valence-electron chi connectivity index (χ0n) is 18.7. The number of aromatic amines is 1. The molecular weight excluding hydrogens is 482 g/mol. The number of H-pyrrole nitrogens is 1. The van der Waals surface area contributed by atoms with Crippen LogP contribution in [-0.4, -0.2) is 26.0 Å². The van der Waals surface area contributed by atoms with Gasteiger partial charge in [-0.05, 0) is 35.9 Å². The van der Waals surface area contributed by atoms with Crippen LogP contribution in [0.25, 0.3) is 11.3 Å². The van der Waals surface area contributed by atoms with Crippen molar-refractivity contribution in [2.24, 2.45) is 5.10 Å². The molecule has 0 saturated carbocycles. The lowest BCUT2D eigenvalue weighted by Gasteiger charge is -2.07. The second-order valence-corrected chi connectivity index (χ2v) is 7.32. The Kier molecular flexibility index (Phi) is 6.92. The lowest BCUT2D eigenvalue weighted by atomic mass is 10.1. The number of benzene rings is 3. The number of nitro groups is 2. The quantitative estimate of drug-likeness (QED) is 0.202. The van der Waals surface area contributed by atoms with Gasteiger partial charge in [-0.25, -0.2) is 10.4 Å². The Morgan fingerprint density at radius 3 is 2.41 bits per heavy atom. The highest BCUT2D eigenvalue weighted by atomic mass is 16.6. The minimum atomic E-state index is -0.764. The van der Waals surface area contributed by atoms with Gasteiger partial charge in [0.2, 0.25) is 11.7 Å². The minimum Gasteiger partial charge on any atom is -0.450 e. The molecule has 37 heavy (non-hydrogen) atoms. The molecule has 2 N–H and O–H groups in total. The van der Waals surface area contributed by atoms with Crippen LogP contribution < -0.4 is 15.7 Å². The number of nitro benzene ring substituents is 2. The van der Waals surface area contributed by atoms with Gasteiger partial charge < -0.3 is 4.74 Å². The van der Waals surface area contributed by atoms with Gasteiger partial charge in [-0.2, -0.15) is 10.4 Å². The van der Waals surface area contributed by atoms with Gasteiger partial charge in [-0.15, -0.1) is 0 Å². The number of nitrogens with zero attached hydrogens (tertiary/aromatic N) is 5. The number of hydrogen-bond acceptors (Lipinski definition) is 10. The van der Waals surface area contributed by atoms with Crippen molar-refractivity contribution >= 4 is 23.5 Å². The summed E-state index contributed by atoms with van der Waals surface area (Å²) in [6.07, 6.45) is 1.43. The van der Waals surface area contributed by atoms with Crippen LogP contribution in [0.15, 0.2) is 82.7 Å². The summed E-state index contributed by atoms with van der Waals surface area (Å²) in [6.45, 7) is 0. The first-order valence-corrected chi connectivity index (χ1v) is 10.5. The van der Waals surface area contributed by atoms with E-state index in [1.165, 1.54) is 18.3 Å². The summed E-state index contributed by atoms with van der Waals surface area (Å²) >= 11 is 0. The second-order valence-electron chi connectivity index (χ2n) is 7.32. The Morgan fingerprint density at radius 1 is 1.03 bits per heavy atom. The molecule has 0 amide bonds. The van der Waals surface area contributed by atoms with Gasteiger partial charge in [0.25, 0.3) is 11.2 Å². The Labute approximate surface area is 207 Å². The van der Waals surface area contributed by atoms with Crippen molar-refractivity contribution in [3.8, 4) is 28.8 Å². The molecule has 0 atom stereocenters. The Bertz CT molecular complexity index is 1610. The largest absolute Gasteiger partial charge is 0.450 e. The Morgan fingerprint density at radius 2 is 1.76 bits per heavy atom. The molecule has 0 spiro atoms. The standard InChI is InChI=1S/C24H15N7O6/c25-13-19-22(16-4-2-1-3-5-16)27-24(28-23(19)32)29-26-14-15-6-9-18(10-7-15)37-21-11-8-17(30(33)34)12-20(21)31(35)36/h1-12,14H,(H2,27,28,29,32). The number of ether oxygens (including phenoxy) is 1. The summed E-state index contributed by atoms with van der Waals surface area (Å²) in [6, 6.07) is 20.0. The fraction of sp³-hybridized carbons (Fsp3) is 0. The molecule has 1 heterocycles. The fourth-order valence-corrected chi connectivity index (χ4v) is 3.20. The molecule has 0 saturated heterocycles. The zero-order valence-corrected chi connectivity index (χ0v) is 18.7. The number of non-ortho nitro benzene ring substituents is 1. The van der Waals surface area contributed by atoms with E-state index in [0.29, 0.717) is 11.1 Å². The molecule has 4 rings (SSSR count). The third-order valence-electron chi connectivity index (χ3n) is 4.92. The highest BCUT2D eigenvalue weighted by Gasteiger charge is 2.21. The smallest absolute Gasteiger partial charge is 0.318 e. The molecule has 1 aromatic heterocycles. The summed E-state index contributed by atoms with van der Waals surface area (Å²) in [7, 11) is 0. The van der Waals surface area contributed by atoms with Crippen LogP contribution in [0.2, 0.25) is 0 Å². The first-order valence-electron chi connectivity index (χ1n) is 10.5. The van der Waals surface area contributed by atoms with Crippen molar-refractivity contribution in [2.45, 2.75) is 0 Å². The number of aromatic nitrogens is 2. The minimum absolute atomic E-state index is 0.0320. The van der Waals surface area contributed by atoms with E-state index >= 15 is 0 Å². The van der Waals surface area contributed by atoms with Crippen LogP contribution in [0, 0.1) is 31.6 Å². The second kappa shape index (κ2) is 10.6. The number of anilines is 1. The first kappa shape index (κ1) is 24.2. The van der Waals surface area contributed by atoms with Crippen molar-refractivity contribution in [1.29, 1.82) is 5.26 Å². The molecular formula is C24H15N7O6. The van der Waals surface area contributed by atoms with Crippen molar-refractivity contribution in [3.05, 3.63) is 115 Å². The molecule has 13 heteroatoms. The molecule has 0 fully saturated rings. The third-order valence-corrected chi connectivity index (χ3v) is 4.92. The van der Waals surface area contributed by atoms with Crippen molar-refractivity contribution < 1.29 is 14.6 Å². The Balaban J connectivity index is 1.49. The highest BCUT2D eigenvalue weighted by molar-refractivity contribution is 5.80. The number of rotatable bonds is 8. The van der Waals surface area contributed by atoms with E-state index in [0.717, 1.165) is 18.2 Å². The first-order chi connectivity index (χ1) is 17.9. The van der Waals surface area contributed by atoms with Crippen molar-refractivity contribution in [2.75, 3.05) is 5.43 Å². The number of hydrogen-bond donors (Lipinski definition) is 2. The number of nitrogens with one attached hydrogen (secondary N) is 2. The van der Waals surface area contributed by atoms with Crippen LogP contribution >= 0.6 is 0 Å². The van der Waals surface area contributed by atoms with E-state index in [1.807, 2.05) is 6.07 Å². The van der Waals surface area contributed by atoms with Crippen LogP contribution in [0.1, 0.15) is 11.1 Å². The van der Waals surface area contributed by atoms with Gasteiger partial charge in [0.15, 0.2) is 0 Å². The van der Waals surface area contributed by atoms with E-state index in [2.05, 4.69) is 20.5 Å². The van der Waals surface area contributed by atoms with Gasteiger partial charge in [0.05, 0.1) is 27.8 Å². The average Bonchev–Trinajstić information content (AvgIpc) is 2.90. The van der Waals surface area contributed by atoms with E-state index in [4.69, 9.17) is 4.74 Å². The van der Waals surface area contributed by atoms with Gasteiger partial charge >= 0.3 is 5.69 Å². The van der Waals surface area contributed by atoms with E-state index in [1.54, 1.807) is 42.5 Å². The van der Waals surface area contributed by atoms with Gasteiger partial charge in [0.1, 0.15) is 17.4 Å².